The van der Waals surface area contributed by atoms with Crippen LogP contribution in [0.4, 0.5) is 15.2 Å². The first-order chi connectivity index (χ1) is 19.4. The molecule has 40 heavy (non-hydrogen) atoms. The van der Waals surface area contributed by atoms with Gasteiger partial charge in [0, 0.05) is 26.5 Å². The van der Waals surface area contributed by atoms with Gasteiger partial charge in [-0.2, -0.15) is 0 Å². The van der Waals surface area contributed by atoms with E-state index < -0.39 is 5.25 Å². The topological polar surface area (TPSA) is 71.1 Å². The van der Waals surface area contributed by atoms with E-state index in [1.165, 1.54) is 41.3 Å². The molecule has 200 valence electrons. The second kappa shape index (κ2) is 12.7. The summed E-state index contributed by atoms with van der Waals surface area (Å²) < 4.78 is 13.3. The maximum Gasteiger partial charge on any atom is 0.257 e. The van der Waals surface area contributed by atoms with Crippen molar-refractivity contribution in [3.63, 3.8) is 0 Å². The van der Waals surface area contributed by atoms with E-state index in [4.69, 9.17) is 23.2 Å². The molecule has 5 rings (SSSR count). The fraction of sp³-hybridized carbons (Fsp3) is 0.0333. The van der Waals surface area contributed by atoms with Crippen molar-refractivity contribution in [2.24, 2.45) is 0 Å². The van der Waals surface area contributed by atoms with Crippen molar-refractivity contribution in [1.29, 1.82) is 0 Å². The predicted molar refractivity (Wildman–Crippen MR) is 162 cm³/mol. The summed E-state index contributed by atoms with van der Waals surface area (Å²) in [6.45, 7) is 0. The molecule has 0 aliphatic rings. The number of carbonyl (C=O) groups is 2. The number of carbonyl (C=O) groups excluding carboxylic acids is 2. The first-order valence-corrected chi connectivity index (χ1v) is 14.5. The molecule has 0 bridgehead atoms. The van der Waals surface area contributed by atoms with E-state index in [9.17, 15) is 14.0 Å². The number of thiazole rings is 1. The van der Waals surface area contributed by atoms with Crippen molar-refractivity contribution in [3.05, 3.63) is 129 Å². The molecule has 1 heterocycles. The molecule has 0 saturated heterocycles. The number of nitrogens with zero attached hydrogens (tertiary/aromatic N) is 1. The molecule has 0 spiro atoms. The third-order valence-corrected chi connectivity index (χ3v) is 8.33. The van der Waals surface area contributed by atoms with E-state index in [2.05, 4.69) is 15.6 Å². The second-order valence-electron chi connectivity index (χ2n) is 8.55. The van der Waals surface area contributed by atoms with E-state index in [1.54, 1.807) is 36.4 Å². The zero-order chi connectivity index (χ0) is 28.1. The molecule has 5 nitrogen and oxygen atoms in total. The summed E-state index contributed by atoms with van der Waals surface area (Å²) in [6, 6.07) is 27.4. The van der Waals surface area contributed by atoms with Crippen molar-refractivity contribution in [2.45, 2.75) is 10.1 Å². The first kappa shape index (κ1) is 27.9. The third-order valence-electron chi connectivity index (χ3n) is 5.76. The van der Waals surface area contributed by atoms with Crippen LogP contribution in [0.15, 0.2) is 107 Å². The number of anilines is 2. The average molecular weight is 609 g/mol. The number of hydrogen-bond acceptors (Lipinski definition) is 5. The number of halogens is 3. The van der Waals surface area contributed by atoms with Gasteiger partial charge in [0.25, 0.3) is 5.91 Å². The molecular weight excluding hydrogens is 588 g/mol. The number of aromatic nitrogens is 1. The molecular formula is C30H20Cl2FN3O2S2. The van der Waals surface area contributed by atoms with E-state index >= 15 is 0 Å². The maximum atomic E-state index is 13.4. The highest BCUT2D eigenvalue weighted by Gasteiger charge is 2.23. The molecule has 0 saturated carbocycles. The molecule has 0 aliphatic heterocycles. The lowest BCUT2D eigenvalue weighted by atomic mass is 10.1. The molecule has 10 heteroatoms. The van der Waals surface area contributed by atoms with Gasteiger partial charge in [0.2, 0.25) is 5.91 Å². The van der Waals surface area contributed by atoms with E-state index in [0.717, 1.165) is 16.0 Å². The van der Waals surface area contributed by atoms with Crippen LogP contribution in [0, 0.1) is 5.82 Å². The molecule has 5 aromatic rings. The van der Waals surface area contributed by atoms with Crippen LogP contribution in [0.5, 0.6) is 0 Å². The molecule has 1 aromatic heterocycles. The first-order valence-electron chi connectivity index (χ1n) is 12.0. The highest BCUT2D eigenvalue weighted by Crippen LogP contribution is 2.37. The molecule has 1 unspecified atom stereocenters. The minimum Gasteiger partial charge on any atom is -0.322 e. The number of amides is 2. The Bertz CT molecular complexity index is 1650. The van der Waals surface area contributed by atoms with Crippen molar-refractivity contribution in [3.8, 4) is 11.3 Å². The summed E-state index contributed by atoms with van der Waals surface area (Å²) in [7, 11) is 0. The van der Waals surface area contributed by atoms with Gasteiger partial charge in [-0.15, -0.1) is 23.1 Å². The summed E-state index contributed by atoms with van der Waals surface area (Å²) in [5, 5.41) is 8.16. The van der Waals surface area contributed by atoms with Gasteiger partial charge in [-0.1, -0.05) is 53.5 Å². The van der Waals surface area contributed by atoms with Crippen molar-refractivity contribution < 1.29 is 14.0 Å². The van der Waals surface area contributed by atoms with Crippen LogP contribution in [-0.2, 0) is 4.79 Å². The second-order valence-corrected chi connectivity index (χ2v) is 11.4. The highest BCUT2D eigenvalue weighted by atomic mass is 35.5. The summed E-state index contributed by atoms with van der Waals surface area (Å²) in [5.41, 5.74) is 3.14. The SMILES string of the molecule is O=C(Nc1ccc(SC(C(=O)Nc2nc(-c3ccc(F)cc3)cs2)c2ccccc2)cc1)c1ccc(Cl)cc1Cl. The number of rotatable bonds is 8. The summed E-state index contributed by atoms with van der Waals surface area (Å²) in [4.78, 5) is 31.4. The normalized spacial score (nSPS) is 11.6. The predicted octanol–water partition coefficient (Wildman–Crippen LogP) is 8.98. The van der Waals surface area contributed by atoms with Crippen LogP contribution in [0.3, 0.4) is 0 Å². The lowest BCUT2D eigenvalue weighted by Crippen LogP contribution is -2.19. The largest absolute Gasteiger partial charge is 0.322 e. The molecule has 1 atom stereocenters. The molecule has 2 amide bonds. The Morgan fingerprint density at radius 3 is 2.30 bits per heavy atom. The Labute approximate surface area is 248 Å². The van der Waals surface area contributed by atoms with E-state index in [0.29, 0.717) is 27.1 Å². The Morgan fingerprint density at radius 1 is 0.875 bits per heavy atom. The van der Waals surface area contributed by atoms with Gasteiger partial charge in [-0.25, -0.2) is 9.37 Å². The standard InChI is InChI=1S/C30H20Cl2FN3O2S2/c31-20-8-15-24(25(32)16-20)28(37)34-22-11-13-23(14-12-22)40-27(19-4-2-1-3-5-19)29(38)36-30-35-26(17-39-30)18-6-9-21(33)10-7-18/h1-17,27H,(H,34,37)(H,35,36,38). The Kier molecular flexibility index (Phi) is 8.81. The Hall–Kier alpha value is -3.69. The monoisotopic (exact) mass is 607 g/mol. The zero-order valence-electron chi connectivity index (χ0n) is 20.6. The van der Waals surface area contributed by atoms with Crippen LogP contribution in [0.2, 0.25) is 10.0 Å². The van der Waals surface area contributed by atoms with Gasteiger partial charge in [-0.3, -0.25) is 9.59 Å². The highest BCUT2D eigenvalue weighted by molar-refractivity contribution is 8.00. The van der Waals surface area contributed by atoms with Crippen LogP contribution in [0.1, 0.15) is 21.2 Å². The van der Waals surface area contributed by atoms with Crippen LogP contribution in [-0.4, -0.2) is 16.8 Å². The van der Waals surface area contributed by atoms with Gasteiger partial charge in [0.1, 0.15) is 11.1 Å². The van der Waals surface area contributed by atoms with Gasteiger partial charge >= 0.3 is 0 Å². The lowest BCUT2D eigenvalue weighted by Gasteiger charge is -2.16. The molecule has 0 fully saturated rings. The molecule has 2 N–H and O–H groups in total. The number of benzene rings is 4. The van der Waals surface area contributed by atoms with Crippen molar-refractivity contribution in [2.75, 3.05) is 10.6 Å². The van der Waals surface area contributed by atoms with Gasteiger partial charge < -0.3 is 10.6 Å². The smallest absolute Gasteiger partial charge is 0.257 e. The van der Waals surface area contributed by atoms with Crippen molar-refractivity contribution >= 4 is 68.9 Å². The van der Waals surface area contributed by atoms with Gasteiger partial charge in [0.15, 0.2) is 5.13 Å². The van der Waals surface area contributed by atoms with Crippen LogP contribution < -0.4 is 10.6 Å². The fourth-order valence-corrected chi connectivity index (χ4v) is 6.02. The van der Waals surface area contributed by atoms with E-state index in [-0.39, 0.29) is 22.7 Å². The quantitative estimate of drug-likeness (QED) is 0.173. The Morgan fingerprint density at radius 2 is 1.60 bits per heavy atom. The minimum atomic E-state index is -0.562. The van der Waals surface area contributed by atoms with Crippen LogP contribution in [0.25, 0.3) is 11.3 Å². The zero-order valence-corrected chi connectivity index (χ0v) is 23.8. The lowest BCUT2D eigenvalue weighted by molar-refractivity contribution is -0.115. The van der Waals surface area contributed by atoms with Crippen molar-refractivity contribution in [1.82, 2.24) is 4.98 Å². The number of hydrogen-bond donors (Lipinski definition) is 2. The summed E-state index contributed by atoms with van der Waals surface area (Å²) in [6.07, 6.45) is 0. The van der Waals surface area contributed by atoms with Crippen LogP contribution >= 0.6 is 46.3 Å². The van der Waals surface area contributed by atoms with Gasteiger partial charge in [0.05, 0.1) is 16.3 Å². The molecule has 0 aliphatic carbocycles. The minimum absolute atomic E-state index is 0.231. The van der Waals surface area contributed by atoms with Gasteiger partial charge in [-0.05, 0) is 72.3 Å². The molecule has 4 aromatic carbocycles. The average Bonchev–Trinajstić information content (AvgIpc) is 3.41. The van der Waals surface area contributed by atoms with E-state index in [1.807, 2.05) is 47.8 Å². The fourth-order valence-electron chi connectivity index (χ4n) is 3.78. The third kappa shape index (κ3) is 6.89. The molecule has 0 radical (unpaired) electrons. The summed E-state index contributed by atoms with van der Waals surface area (Å²) >= 11 is 14.8. The Balaban J connectivity index is 1.29. The summed E-state index contributed by atoms with van der Waals surface area (Å²) in [5.74, 6) is -0.908. The number of nitrogens with one attached hydrogen (secondary N) is 2. The maximum absolute atomic E-state index is 13.4. The number of thioether (sulfide) groups is 1.